The first-order chi connectivity index (χ1) is 12.0. The zero-order valence-electron chi connectivity index (χ0n) is 14.7. The summed E-state index contributed by atoms with van der Waals surface area (Å²) in [6.07, 6.45) is 6.62. The van der Waals surface area contributed by atoms with Gasteiger partial charge in [0.05, 0.1) is 25.0 Å². The molecule has 0 aromatic rings. The molecule has 3 rings (SSSR count). The fourth-order valence-electron chi connectivity index (χ4n) is 4.32. The highest BCUT2D eigenvalue weighted by Gasteiger charge is 2.40. The third kappa shape index (κ3) is 4.51. The SMILES string of the molecule is O=C(O)C[C@@H]1CN(C(=O)[C@@H]2CC(=O)N(C3CCCCCC3)C2)CCO1. The third-order valence-corrected chi connectivity index (χ3v) is 5.63. The van der Waals surface area contributed by atoms with Crippen LogP contribution in [-0.4, -0.2) is 71.1 Å². The van der Waals surface area contributed by atoms with E-state index in [1.165, 1.54) is 12.8 Å². The number of carboxylic acids is 1. The molecule has 25 heavy (non-hydrogen) atoms. The van der Waals surface area contributed by atoms with E-state index in [-0.39, 0.29) is 36.6 Å². The summed E-state index contributed by atoms with van der Waals surface area (Å²) in [5, 5.41) is 8.90. The minimum atomic E-state index is -0.921. The molecule has 0 unspecified atom stereocenters. The maximum Gasteiger partial charge on any atom is 0.306 e. The van der Waals surface area contributed by atoms with E-state index in [4.69, 9.17) is 9.84 Å². The van der Waals surface area contributed by atoms with Gasteiger partial charge in [-0.05, 0) is 12.8 Å². The quantitative estimate of drug-likeness (QED) is 0.770. The number of carbonyl (C=O) groups is 3. The number of hydrogen-bond acceptors (Lipinski definition) is 4. The molecule has 3 fully saturated rings. The number of rotatable bonds is 4. The number of hydrogen-bond donors (Lipinski definition) is 1. The molecule has 3 aliphatic rings. The Kier molecular flexibility index (Phi) is 5.93. The third-order valence-electron chi connectivity index (χ3n) is 5.63. The molecule has 0 aromatic carbocycles. The Morgan fingerprint density at radius 2 is 1.84 bits per heavy atom. The number of carbonyl (C=O) groups excluding carboxylic acids is 2. The van der Waals surface area contributed by atoms with E-state index in [1.807, 2.05) is 4.90 Å². The summed E-state index contributed by atoms with van der Waals surface area (Å²) in [5.74, 6) is -1.14. The molecule has 0 spiro atoms. The topological polar surface area (TPSA) is 87.2 Å². The van der Waals surface area contributed by atoms with Gasteiger partial charge >= 0.3 is 5.97 Å². The van der Waals surface area contributed by atoms with Crippen LogP contribution < -0.4 is 0 Å². The monoisotopic (exact) mass is 352 g/mol. The first kappa shape index (κ1) is 18.2. The lowest BCUT2D eigenvalue weighted by Gasteiger charge is -2.34. The lowest BCUT2D eigenvalue weighted by atomic mass is 10.1. The Morgan fingerprint density at radius 1 is 1.12 bits per heavy atom. The first-order valence-electron chi connectivity index (χ1n) is 9.46. The molecule has 1 N–H and O–H groups in total. The van der Waals surface area contributed by atoms with Crippen molar-refractivity contribution in [2.75, 3.05) is 26.2 Å². The molecule has 2 amide bonds. The number of aliphatic carboxylic acids is 1. The molecule has 7 nitrogen and oxygen atoms in total. The second-order valence-electron chi connectivity index (χ2n) is 7.47. The molecule has 2 heterocycles. The molecule has 0 aromatic heterocycles. The standard InChI is InChI=1S/C18H28N2O5/c21-16-9-13(11-20(16)14-5-3-1-2-4-6-14)18(24)19-7-8-25-15(12-19)10-17(22)23/h13-15H,1-12H2,(H,22,23)/t13-,15-/m1/s1. The fourth-order valence-corrected chi connectivity index (χ4v) is 4.32. The van der Waals surface area contributed by atoms with Crippen LogP contribution in [0.2, 0.25) is 0 Å². The average molecular weight is 352 g/mol. The van der Waals surface area contributed by atoms with E-state index in [0.29, 0.717) is 26.2 Å². The van der Waals surface area contributed by atoms with Crippen LogP contribution in [0.1, 0.15) is 51.4 Å². The Labute approximate surface area is 148 Å². The summed E-state index contributed by atoms with van der Waals surface area (Å²) in [4.78, 5) is 39.7. The van der Waals surface area contributed by atoms with Gasteiger partial charge in [-0.2, -0.15) is 0 Å². The lowest BCUT2D eigenvalue weighted by molar-refractivity contribution is -0.149. The smallest absolute Gasteiger partial charge is 0.306 e. The van der Waals surface area contributed by atoms with Crippen molar-refractivity contribution in [3.05, 3.63) is 0 Å². The molecule has 1 saturated carbocycles. The van der Waals surface area contributed by atoms with Crippen molar-refractivity contribution in [3.8, 4) is 0 Å². The molecular weight excluding hydrogens is 324 g/mol. The second-order valence-corrected chi connectivity index (χ2v) is 7.47. The maximum atomic E-state index is 12.8. The van der Waals surface area contributed by atoms with Crippen molar-refractivity contribution in [1.82, 2.24) is 9.80 Å². The number of carboxylic acid groups (broad SMARTS) is 1. The van der Waals surface area contributed by atoms with Crippen LogP contribution in [0.4, 0.5) is 0 Å². The molecule has 2 aliphatic heterocycles. The molecule has 140 valence electrons. The summed E-state index contributed by atoms with van der Waals surface area (Å²) in [5.41, 5.74) is 0. The van der Waals surface area contributed by atoms with E-state index in [0.717, 1.165) is 25.7 Å². The van der Waals surface area contributed by atoms with Crippen LogP contribution in [0.15, 0.2) is 0 Å². The van der Waals surface area contributed by atoms with Gasteiger partial charge < -0.3 is 19.6 Å². The van der Waals surface area contributed by atoms with Gasteiger partial charge in [0.1, 0.15) is 0 Å². The number of nitrogens with zero attached hydrogens (tertiary/aromatic N) is 2. The van der Waals surface area contributed by atoms with Crippen molar-refractivity contribution in [3.63, 3.8) is 0 Å². The largest absolute Gasteiger partial charge is 0.481 e. The average Bonchev–Trinajstić information content (AvgIpc) is 2.80. The summed E-state index contributed by atoms with van der Waals surface area (Å²) in [6.45, 7) is 1.66. The van der Waals surface area contributed by atoms with Crippen molar-refractivity contribution in [2.45, 2.75) is 63.5 Å². The van der Waals surface area contributed by atoms with Crippen molar-refractivity contribution in [1.29, 1.82) is 0 Å². The second kappa shape index (κ2) is 8.17. The Bertz CT molecular complexity index is 516. The van der Waals surface area contributed by atoms with Gasteiger partial charge in [0.2, 0.25) is 11.8 Å². The van der Waals surface area contributed by atoms with Crippen molar-refractivity contribution >= 4 is 17.8 Å². The predicted molar refractivity (Wildman–Crippen MR) is 89.9 cm³/mol. The lowest BCUT2D eigenvalue weighted by Crippen LogP contribution is -2.48. The fraction of sp³-hybridized carbons (Fsp3) is 0.833. The predicted octanol–water partition coefficient (Wildman–Crippen LogP) is 1.26. The number of ether oxygens (including phenoxy) is 1. The van der Waals surface area contributed by atoms with Crippen LogP contribution in [0.5, 0.6) is 0 Å². The molecule has 0 radical (unpaired) electrons. The summed E-state index contributed by atoms with van der Waals surface area (Å²) in [7, 11) is 0. The summed E-state index contributed by atoms with van der Waals surface area (Å²) < 4.78 is 5.43. The molecule has 7 heteroatoms. The van der Waals surface area contributed by atoms with E-state index in [9.17, 15) is 14.4 Å². The number of amides is 2. The molecule has 0 bridgehead atoms. The van der Waals surface area contributed by atoms with E-state index in [2.05, 4.69) is 0 Å². The zero-order valence-corrected chi connectivity index (χ0v) is 14.7. The van der Waals surface area contributed by atoms with Crippen LogP contribution >= 0.6 is 0 Å². The van der Waals surface area contributed by atoms with Gasteiger partial charge in [-0.1, -0.05) is 25.7 Å². The first-order valence-corrected chi connectivity index (χ1v) is 9.46. The molecular formula is C18H28N2O5. The highest BCUT2D eigenvalue weighted by atomic mass is 16.5. The van der Waals surface area contributed by atoms with Gasteiger partial charge in [-0.15, -0.1) is 0 Å². The van der Waals surface area contributed by atoms with Crippen LogP contribution in [-0.2, 0) is 19.1 Å². The van der Waals surface area contributed by atoms with Crippen LogP contribution in [0.3, 0.4) is 0 Å². The van der Waals surface area contributed by atoms with Crippen LogP contribution in [0.25, 0.3) is 0 Å². The zero-order chi connectivity index (χ0) is 17.8. The van der Waals surface area contributed by atoms with Crippen LogP contribution in [0, 0.1) is 5.92 Å². The maximum absolute atomic E-state index is 12.8. The van der Waals surface area contributed by atoms with Gasteiger partial charge in [-0.3, -0.25) is 14.4 Å². The Hall–Kier alpha value is -1.63. The Morgan fingerprint density at radius 3 is 2.52 bits per heavy atom. The van der Waals surface area contributed by atoms with E-state index in [1.54, 1.807) is 4.90 Å². The van der Waals surface area contributed by atoms with Gasteiger partial charge in [0.25, 0.3) is 0 Å². The molecule has 2 atom stereocenters. The van der Waals surface area contributed by atoms with Crippen molar-refractivity contribution < 1.29 is 24.2 Å². The normalized spacial score (nSPS) is 28.9. The molecule has 2 saturated heterocycles. The highest BCUT2D eigenvalue weighted by Crippen LogP contribution is 2.29. The highest BCUT2D eigenvalue weighted by molar-refractivity contribution is 5.89. The molecule has 1 aliphatic carbocycles. The number of morpholine rings is 1. The minimum absolute atomic E-state index is 0.0249. The number of likely N-dealkylation sites (tertiary alicyclic amines) is 1. The van der Waals surface area contributed by atoms with E-state index >= 15 is 0 Å². The van der Waals surface area contributed by atoms with E-state index < -0.39 is 12.1 Å². The van der Waals surface area contributed by atoms with Gasteiger partial charge in [0.15, 0.2) is 0 Å². The minimum Gasteiger partial charge on any atom is -0.481 e. The summed E-state index contributed by atoms with van der Waals surface area (Å²) in [6, 6.07) is 0.289. The van der Waals surface area contributed by atoms with Crippen molar-refractivity contribution in [2.24, 2.45) is 5.92 Å². The Balaban J connectivity index is 1.57. The van der Waals surface area contributed by atoms with Gasteiger partial charge in [0, 0.05) is 32.1 Å². The summed E-state index contributed by atoms with van der Waals surface area (Å²) >= 11 is 0. The van der Waals surface area contributed by atoms with Gasteiger partial charge in [-0.25, -0.2) is 0 Å².